The molecule has 0 unspecified atom stereocenters. The fraction of sp³-hybridized carbons (Fsp3) is 0.462. The summed E-state index contributed by atoms with van der Waals surface area (Å²) in [5.74, 6) is 0.860. The van der Waals surface area contributed by atoms with Crippen molar-refractivity contribution in [3.63, 3.8) is 0 Å². The molecular weight excluding hydrogens is 236 g/mol. The van der Waals surface area contributed by atoms with E-state index in [1.807, 2.05) is 30.3 Å². The second kappa shape index (κ2) is 6.07. The molecule has 1 aromatic carbocycles. The minimum atomic E-state index is 0.104. The summed E-state index contributed by atoms with van der Waals surface area (Å²) in [5.41, 5.74) is 0. The lowest BCUT2D eigenvalue weighted by molar-refractivity contribution is -0.109. The standard InChI is InChI=1S/C13H16O3S/c1-10(14)17-13-7-12(16-9-13)8-15-11-5-3-2-4-6-11/h2-6,12-13H,7-9H2,1H3/t12-,13+/m1/s1. The van der Waals surface area contributed by atoms with Gasteiger partial charge in [-0.1, -0.05) is 30.0 Å². The SMILES string of the molecule is CC(=O)S[C@@H]1CO[C@@H](COc2ccccc2)C1. The third-order valence-electron chi connectivity index (χ3n) is 2.56. The van der Waals surface area contributed by atoms with Crippen LogP contribution in [-0.2, 0) is 9.53 Å². The number of thioether (sulfide) groups is 1. The lowest BCUT2D eigenvalue weighted by Gasteiger charge is -2.11. The summed E-state index contributed by atoms with van der Waals surface area (Å²) in [7, 11) is 0. The molecule has 2 atom stereocenters. The van der Waals surface area contributed by atoms with E-state index in [1.165, 1.54) is 11.8 Å². The minimum absolute atomic E-state index is 0.104. The summed E-state index contributed by atoms with van der Waals surface area (Å²) < 4.78 is 11.2. The van der Waals surface area contributed by atoms with E-state index in [0.29, 0.717) is 13.2 Å². The molecule has 92 valence electrons. The lowest BCUT2D eigenvalue weighted by Crippen LogP contribution is -2.16. The average molecular weight is 252 g/mol. The van der Waals surface area contributed by atoms with Crippen LogP contribution in [0.3, 0.4) is 0 Å². The molecule has 1 fully saturated rings. The van der Waals surface area contributed by atoms with Gasteiger partial charge in [0.1, 0.15) is 12.4 Å². The fourth-order valence-corrected chi connectivity index (χ4v) is 2.74. The monoisotopic (exact) mass is 252 g/mol. The highest BCUT2D eigenvalue weighted by atomic mass is 32.2. The first-order valence-electron chi connectivity index (χ1n) is 5.70. The Morgan fingerprint density at radius 3 is 2.94 bits per heavy atom. The number of carbonyl (C=O) groups is 1. The van der Waals surface area contributed by atoms with Gasteiger partial charge >= 0.3 is 0 Å². The normalized spacial score (nSPS) is 23.6. The van der Waals surface area contributed by atoms with Crippen molar-refractivity contribution in [1.82, 2.24) is 0 Å². The number of para-hydroxylation sites is 1. The molecule has 1 aliphatic heterocycles. The summed E-state index contributed by atoms with van der Waals surface area (Å²) in [6.07, 6.45) is 0.990. The molecule has 0 bridgehead atoms. The highest BCUT2D eigenvalue weighted by Crippen LogP contribution is 2.25. The van der Waals surface area contributed by atoms with Gasteiger partial charge in [0.2, 0.25) is 0 Å². The molecule has 0 spiro atoms. The van der Waals surface area contributed by atoms with Gasteiger partial charge in [-0.3, -0.25) is 4.79 Å². The van der Waals surface area contributed by atoms with Crippen molar-refractivity contribution in [1.29, 1.82) is 0 Å². The smallest absolute Gasteiger partial charge is 0.186 e. The number of carbonyl (C=O) groups excluding carboxylic acids is 1. The van der Waals surface area contributed by atoms with E-state index in [-0.39, 0.29) is 16.5 Å². The maximum atomic E-state index is 11.0. The van der Waals surface area contributed by atoms with Crippen molar-refractivity contribution in [2.45, 2.75) is 24.7 Å². The Kier molecular flexibility index (Phi) is 4.45. The van der Waals surface area contributed by atoms with Crippen LogP contribution in [0.25, 0.3) is 0 Å². The molecule has 1 aliphatic rings. The Morgan fingerprint density at radius 1 is 1.47 bits per heavy atom. The molecule has 0 aromatic heterocycles. The van der Waals surface area contributed by atoms with Crippen LogP contribution in [0.5, 0.6) is 5.75 Å². The Morgan fingerprint density at radius 2 is 2.24 bits per heavy atom. The molecule has 0 aliphatic carbocycles. The predicted molar refractivity (Wildman–Crippen MR) is 68.4 cm³/mol. The van der Waals surface area contributed by atoms with Crippen LogP contribution in [0.1, 0.15) is 13.3 Å². The van der Waals surface area contributed by atoms with Gasteiger partial charge in [0.15, 0.2) is 5.12 Å². The van der Waals surface area contributed by atoms with Crippen molar-refractivity contribution in [2.24, 2.45) is 0 Å². The number of hydrogen-bond donors (Lipinski definition) is 0. The summed E-state index contributed by atoms with van der Waals surface area (Å²) in [6, 6.07) is 9.70. The first-order valence-corrected chi connectivity index (χ1v) is 6.58. The van der Waals surface area contributed by atoms with E-state index in [9.17, 15) is 4.79 Å². The quantitative estimate of drug-likeness (QED) is 0.825. The van der Waals surface area contributed by atoms with Gasteiger partial charge < -0.3 is 9.47 Å². The first kappa shape index (κ1) is 12.5. The molecule has 17 heavy (non-hydrogen) atoms. The fourth-order valence-electron chi connectivity index (χ4n) is 1.81. The van der Waals surface area contributed by atoms with Gasteiger partial charge in [0.25, 0.3) is 0 Å². The summed E-state index contributed by atoms with van der Waals surface area (Å²) in [6.45, 7) is 2.80. The molecule has 0 N–H and O–H groups in total. The maximum Gasteiger partial charge on any atom is 0.186 e. The molecule has 1 heterocycles. The molecule has 0 saturated carbocycles. The van der Waals surface area contributed by atoms with Gasteiger partial charge in [0.05, 0.1) is 12.7 Å². The van der Waals surface area contributed by atoms with E-state index in [2.05, 4.69) is 0 Å². The third-order valence-corrected chi connectivity index (χ3v) is 3.55. The van der Waals surface area contributed by atoms with Gasteiger partial charge in [0, 0.05) is 12.2 Å². The van der Waals surface area contributed by atoms with E-state index in [0.717, 1.165) is 12.2 Å². The van der Waals surface area contributed by atoms with Crippen LogP contribution >= 0.6 is 11.8 Å². The van der Waals surface area contributed by atoms with Crippen molar-refractivity contribution in [3.8, 4) is 5.75 Å². The van der Waals surface area contributed by atoms with Crippen LogP contribution in [0.2, 0.25) is 0 Å². The molecule has 0 radical (unpaired) electrons. The Bertz CT molecular complexity index is 366. The van der Waals surface area contributed by atoms with Crippen molar-refractivity contribution in [2.75, 3.05) is 13.2 Å². The van der Waals surface area contributed by atoms with Crippen molar-refractivity contribution < 1.29 is 14.3 Å². The molecular formula is C13H16O3S. The lowest BCUT2D eigenvalue weighted by atomic mass is 10.2. The zero-order valence-electron chi connectivity index (χ0n) is 9.80. The van der Waals surface area contributed by atoms with Crippen LogP contribution < -0.4 is 4.74 Å². The van der Waals surface area contributed by atoms with Gasteiger partial charge in [-0.2, -0.15) is 0 Å². The first-order chi connectivity index (χ1) is 8.24. The largest absolute Gasteiger partial charge is 0.491 e. The van der Waals surface area contributed by atoms with Crippen LogP contribution in [0.15, 0.2) is 30.3 Å². The van der Waals surface area contributed by atoms with E-state index in [4.69, 9.17) is 9.47 Å². The minimum Gasteiger partial charge on any atom is -0.491 e. The molecule has 3 nitrogen and oxygen atoms in total. The average Bonchev–Trinajstić information content (AvgIpc) is 2.75. The molecule has 2 rings (SSSR count). The van der Waals surface area contributed by atoms with E-state index >= 15 is 0 Å². The summed E-state index contributed by atoms with van der Waals surface area (Å²) in [4.78, 5) is 11.0. The topological polar surface area (TPSA) is 35.5 Å². The predicted octanol–water partition coefficient (Wildman–Crippen LogP) is 2.50. The Balaban J connectivity index is 1.73. The zero-order chi connectivity index (χ0) is 12.1. The van der Waals surface area contributed by atoms with Gasteiger partial charge in [-0.05, 0) is 18.6 Å². The maximum absolute atomic E-state index is 11.0. The summed E-state index contributed by atoms with van der Waals surface area (Å²) in [5, 5.41) is 0.445. The van der Waals surface area contributed by atoms with Crippen LogP contribution in [0.4, 0.5) is 0 Å². The van der Waals surface area contributed by atoms with Gasteiger partial charge in [-0.25, -0.2) is 0 Å². The zero-order valence-corrected chi connectivity index (χ0v) is 10.6. The van der Waals surface area contributed by atoms with E-state index < -0.39 is 0 Å². The second-order valence-electron chi connectivity index (χ2n) is 4.05. The molecule has 1 aromatic rings. The number of ether oxygens (including phenoxy) is 2. The number of hydrogen-bond acceptors (Lipinski definition) is 4. The highest BCUT2D eigenvalue weighted by Gasteiger charge is 2.27. The molecule has 4 heteroatoms. The summed E-state index contributed by atoms with van der Waals surface area (Å²) >= 11 is 1.37. The highest BCUT2D eigenvalue weighted by molar-refractivity contribution is 8.14. The van der Waals surface area contributed by atoms with Crippen LogP contribution in [-0.4, -0.2) is 29.7 Å². The van der Waals surface area contributed by atoms with Crippen molar-refractivity contribution >= 4 is 16.9 Å². The molecule has 0 amide bonds. The number of benzene rings is 1. The Labute approximate surface area is 105 Å². The third kappa shape index (κ3) is 4.06. The van der Waals surface area contributed by atoms with Crippen LogP contribution in [0, 0.1) is 0 Å². The molecule has 1 saturated heterocycles. The Hall–Kier alpha value is -1.00. The van der Waals surface area contributed by atoms with Gasteiger partial charge in [-0.15, -0.1) is 0 Å². The number of rotatable bonds is 4. The van der Waals surface area contributed by atoms with E-state index in [1.54, 1.807) is 6.92 Å². The second-order valence-corrected chi connectivity index (χ2v) is 5.52. The van der Waals surface area contributed by atoms with Crippen molar-refractivity contribution in [3.05, 3.63) is 30.3 Å².